The van der Waals surface area contributed by atoms with E-state index < -0.39 is 34.1 Å². The van der Waals surface area contributed by atoms with Crippen LogP contribution in [0.4, 0.5) is 5.69 Å². The smallest absolute Gasteiger partial charge is 0.244 e. The van der Waals surface area contributed by atoms with Gasteiger partial charge in [0.25, 0.3) is 0 Å². The van der Waals surface area contributed by atoms with E-state index in [-0.39, 0.29) is 24.6 Å². The molecule has 3 aromatic rings. The number of nitrogens with one attached hydrogen (secondary N) is 1. The van der Waals surface area contributed by atoms with Crippen LogP contribution in [0.3, 0.4) is 0 Å². The minimum absolute atomic E-state index is 0.0483. The minimum atomic E-state index is -3.85. The third kappa shape index (κ3) is 9.27. The van der Waals surface area contributed by atoms with Gasteiger partial charge in [-0.25, -0.2) is 8.42 Å². The van der Waals surface area contributed by atoms with Crippen molar-refractivity contribution in [2.75, 3.05) is 17.1 Å². The molecule has 0 aliphatic carbocycles. The second-order valence-corrected chi connectivity index (χ2v) is 13.1. The van der Waals surface area contributed by atoms with Gasteiger partial charge in [-0.3, -0.25) is 13.9 Å². The summed E-state index contributed by atoms with van der Waals surface area (Å²) in [4.78, 5) is 29.1. The number of nitrogens with zero attached hydrogens (tertiary/aromatic N) is 2. The van der Waals surface area contributed by atoms with Crippen molar-refractivity contribution in [1.29, 1.82) is 0 Å². The first-order valence-electron chi connectivity index (χ1n) is 12.4. The molecule has 3 rings (SSSR count). The highest BCUT2D eigenvalue weighted by atomic mass is 35.5. The van der Waals surface area contributed by atoms with Crippen molar-refractivity contribution < 1.29 is 18.0 Å². The van der Waals surface area contributed by atoms with Crippen molar-refractivity contribution in [3.63, 3.8) is 0 Å². The second kappa shape index (κ2) is 12.9. The van der Waals surface area contributed by atoms with Crippen LogP contribution in [0.5, 0.6) is 0 Å². The summed E-state index contributed by atoms with van der Waals surface area (Å²) in [6.45, 7) is 5.13. The van der Waals surface area contributed by atoms with Crippen LogP contribution < -0.4 is 9.62 Å². The Morgan fingerprint density at radius 3 is 2.05 bits per heavy atom. The molecule has 1 atom stereocenters. The molecule has 1 N–H and O–H groups in total. The summed E-state index contributed by atoms with van der Waals surface area (Å²) in [6.07, 6.45) is 1.26. The molecule has 0 fully saturated rings. The van der Waals surface area contributed by atoms with Crippen LogP contribution in [0.1, 0.15) is 31.9 Å². The summed E-state index contributed by atoms with van der Waals surface area (Å²) in [5.41, 5.74) is 1.29. The number of sulfonamides is 1. The zero-order chi connectivity index (χ0) is 28.8. The summed E-state index contributed by atoms with van der Waals surface area (Å²) in [5, 5.41) is 3.91. The van der Waals surface area contributed by atoms with E-state index in [4.69, 9.17) is 23.2 Å². The highest BCUT2D eigenvalue weighted by Crippen LogP contribution is 2.23. The highest BCUT2D eigenvalue weighted by Gasteiger charge is 2.34. The topological polar surface area (TPSA) is 86.8 Å². The van der Waals surface area contributed by atoms with Crippen LogP contribution in [0.15, 0.2) is 78.9 Å². The fourth-order valence-corrected chi connectivity index (χ4v) is 5.25. The summed E-state index contributed by atoms with van der Waals surface area (Å²) < 4.78 is 26.6. The minimum Gasteiger partial charge on any atom is -0.350 e. The van der Waals surface area contributed by atoms with Gasteiger partial charge in [-0.05, 0) is 68.3 Å². The normalized spacial score (nSPS) is 12.5. The molecular formula is C29H33Cl2N3O4S. The maximum Gasteiger partial charge on any atom is 0.244 e. The zero-order valence-electron chi connectivity index (χ0n) is 22.4. The molecular weight excluding hydrogens is 557 g/mol. The van der Waals surface area contributed by atoms with Crippen molar-refractivity contribution in [2.24, 2.45) is 0 Å². The van der Waals surface area contributed by atoms with E-state index in [1.165, 1.54) is 17.0 Å². The number of anilines is 1. The number of carbonyl (C=O) groups excluding carboxylic acids is 2. The van der Waals surface area contributed by atoms with E-state index in [2.05, 4.69) is 5.32 Å². The lowest BCUT2D eigenvalue weighted by atomic mass is 10.0. The third-order valence-electron chi connectivity index (χ3n) is 5.81. The standard InChI is InChI=1S/C29H33Cl2N3O4S/c1-29(2,3)32-28(36)26(18-21-9-6-5-7-10-21)33(19-22-11-8-12-24(31)17-22)27(35)20-34(39(4,37)38)25-15-13-23(30)14-16-25/h5-17,26H,18-20H2,1-4H3,(H,32,36)/t26-/m0/s1. The van der Waals surface area contributed by atoms with Crippen LogP contribution in [0.25, 0.3) is 0 Å². The van der Waals surface area contributed by atoms with Gasteiger partial charge in [0, 0.05) is 28.5 Å². The molecule has 3 aromatic carbocycles. The van der Waals surface area contributed by atoms with Crippen LogP contribution in [0.2, 0.25) is 10.0 Å². The summed E-state index contributed by atoms with van der Waals surface area (Å²) in [6, 6.07) is 21.6. The monoisotopic (exact) mass is 589 g/mol. The Morgan fingerprint density at radius 1 is 0.872 bits per heavy atom. The molecule has 2 amide bonds. The largest absolute Gasteiger partial charge is 0.350 e. The van der Waals surface area contributed by atoms with E-state index in [0.717, 1.165) is 16.1 Å². The number of halogens is 2. The molecule has 0 aliphatic rings. The van der Waals surface area contributed by atoms with Crippen molar-refractivity contribution >= 4 is 50.7 Å². The Bertz CT molecular complexity index is 1390. The third-order valence-corrected chi connectivity index (χ3v) is 7.43. The summed E-state index contributed by atoms with van der Waals surface area (Å²) in [5.74, 6) is -0.889. The number of hydrogen-bond donors (Lipinski definition) is 1. The van der Waals surface area contributed by atoms with E-state index in [9.17, 15) is 18.0 Å². The maximum absolute atomic E-state index is 14.0. The lowest BCUT2D eigenvalue weighted by Crippen LogP contribution is -2.56. The highest BCUT2D eigenvalue weighted by molar-refractivity contribution is 7.92. The van der Waals surface area contributed by atoms with Gasteiger partial charge in [-0.15, -0.1) is 0 Å². The van der Waals surface area contributed by atoms with Crippen LogP contribution >= 0.6 is 23.2 Å². The average Bonchev–Trinajstić information content (AvgIpc) is 2.84. The van der Waals surface area contributed by atoms with Gasteiger partial charge in [0.1, 0.15) is 12.6 Å². The number of hydrogen-bond acceptors (Lipinski definition) is 4. The van der Waals surface area contributed by atoms with Gasteiger partial charge in [0.2, 0.25) is 21.8 Å². The van der Waals surface area contributed by atoms with Crippen molar-refractivity contribution in [1.82, 2.24) is 10.2 Å². The van der Waals surface area contributed by atoms with Crippen molar-refractivity contribution in [3.8, 4) is 0 Å². The van der Waals surface area contributed by atoms with Gasteiger partial charge in [0.05, 0.1) is 11.9 Å². The van der Waals surface area contributed by atoms with Crippen LogP contribution in [-0.2, 0) is 32.6 Å². The molecule has 0 aliphatic heterocycles. The molecule has 0 unspecified atom stereocenters. The predicted molar refractivity (Wildman–Crippen MR) is 157 cm³/mol. The van der Waals surface area contributed by atoms with Gasteiger partial charge < -0.3 is 10.2 Å². The SMILES string of the molecule is CC(C)(C)NC(=O)[C@H](Cc1ccccc1)N(Cc1cccc(Cl)c1)C(=O)CN(c1ccc(Cl)cc1)S(C)(=O)=O. The molecule has 39 heavy (non-hydrogen) atoms. The quantitative estimate of drug-likeness (QED) is 0.347. The van der Waals surface area contributed by atoms with Gasteiger partial charge in [0.15, 0.2) is 0 Å². The zero-order valence-corrected chi connectivity index (χ0v) is 24.7. The Hall–Kier alpha value is -3.07. The van der Waals surface area contributed by atoms with Crippen molar-refractivity contribution in [3.05, 3.63) is 100 Å². The molecule has 0 heterocycles. The molecule has 0 bridgehead atoms. The molecule has 10 heteroatoms. The second-order valence-electron chi connectivity index (χ2n) is 10.3. The Morgan fingerprint density at radius 2 is 1.49 bits per heavy atom. The molecule has 0 radical (unpaired) electrons. The average molecular weight is 591 g/mol. The summed E-state index contributed by atoms with van der Waals surface area (Å²) in [7, 11) is -3.85. The van der Waals surface area contributed by atoms with Gasteiger partial charge >= 0.3 is 0 Å². The van der Waals surface area contributed by atoms with E-state index in [1.54, 1.807) is 36.4 Å². The fourth-order valence-electron chi connectivity index (χ4n) is 4.06. The molecule has 0 aromatic heterocycles. The fraction of sp³-hybridized carbons (Fsp3) is 0.310. The molecule has 208 valence electrons. The number of benzene rings is 3. The van der Waals surface area contributed by atoms with E-state index in [1.807, 2.05) is 51.1 Å². The van der Waals surface area contributed by atoms with Gasteiger partial charge in [-0.1, -0.05) is 65.7 Å². The van der Waals surface area contributed by atoms with Gasteiger partial charge in [-0.2, -0.15) is 0 Å². The first-order chi connectivity index (χ1) is 18.2. The molecule has 0 saturated carbocycles. The number of rotatable bonds is 10. The Balaban J connectivity index is 2.07. The lowest BCUT2D eigenvalue weighted by molar-refractivity contribution is -0.140. The Labute approximate surface area is 240 Å². The number of carbonyl (C=O) groups is 2. The summed E-state index contributed by atoms with van der Waals surface area (Å²) >= 11 is 12.2. The van der Waals surface area contributed by atoms with Crippen LogP contribution in [0, 0.1) is 0 Å². The molecule has 7 nitrogen and oxygen atoms in total. The van der Waals surface area contributed by atoms with Crippen molar-refractivity contribution in [2.45, 2.75) is 45.3 Å². The molecule has 0 saturated heterocycles. The van der Waals surface area contributed by atoms with E-state index >= 15 is 0 Å². The van der Waals surface area contributed by atoms with E-state index in [0.29, 0.717) is 15.6 Å². The first kappa shape index (κ1) is 30.5. The lowest BCUT2D eigenvalue weighted by Gasteiger charge is -2.35. The van der Waals surface area contributed by atoms with Crippen LogP contribution in [-0.4, -0.2) is 49.5 Å². The first-order valence-corrected chi connectivity index (χ1v) is 15.0. The number of amides is 2. The Kier molecular flexibility index (Phi) is 10.0. The predicted octanol–water partition coefficient (Wildman–Crippen LogP) is 5.31. The maximum atomic E-state index is 14.0. The molecule has 0 spiro atoms.